The van der Waals surface area contributed by atoms with Crippen molar-refractivity contribution in [2.45, 2.75) is 216 Å². The van der Waals surface area contributed by atoms with Crippen LogP contribution in [0.15, 0.2) is 0 Å². The van der Waals surface area contributed by atoms with E-state index >= 15 is 0 Å². The van der Waals surface area contributed by atoms with E-state index in [0.29, 0.717) is 116 Å². The highest BCUT2D eigenvalue weighted by molar-refractivity contribution is 5.87. The lowest BCUT2D eigenvalue weighted by atomic mass is 9.97. The highest BCUT2D eigenvalue weighted by Crippen LogP contribution is 2.36. The summed E-state index contributed by atoms with van der Waals surface area (Å²) in [4.78, 5) is 74.8. The molecule has 422 valence electrons. The third-order valence-corrected chi connectivity index (χ3v) is 13.3. The van der Waals surface area contributed by atoms with Gasteiger partial charge in [-0.25, -0.2) is 0 Å². The first-order valence-corrected chi connectivity index (χ1v) is 26.3. The molecule has 2 aliphatic heterocycles. The number of hydrogen-bond acceptors (Lipinski definition) is 18. The van der Waals surface area contributed by atoms with Gasteiger partial charge in [0.05, 0.1) is 32.2 Å². The standard InChI is InChI=1S/C49H89N7O17/c1-31-20-21-49(4,26-31)71-30-50-29-53-38(62)18-8-5-12-23-52-46(68)34(56-39(63)19-10-7-15-25-70-48-41(55-33(3)60)45(67)43(65)36(28-58)73-48)16-11-13-22-51-37(61)17-9-6-14-24-69-47-40(54-32(2)59)44(66)42(64)35(27-57)72-47/h31,34-36,40-45,47-48,50,57-58,64-67H,5-30H2,1-4H3,(H,51,61)(H,52,68)(H,53,62)(H,54,59)(H,55,60)(H,56,63)/t31?,34-,35?,36?,40?,41?,42?,43?,44?,45?,47?,48?,49?/m0/s1. The molecule has 6 amide bonds. The molecule has 0 spiro atoms. The van der Waals surface area contributed by atoms with E-state index in [1.807, 2.05) is 0 Å². The molecule has 0 aromatic carbocycles. The van der Waals surface area contributed by atoms with E-state index in [1.54, 1.807) is 0 Å². The molecule has 1 saturated carbocycles. The average molecular weight is 1050 g/mol. The van der Waals surface area contributed by atoms with E-state index in [2.05, 4.69) is 51.1 Å². The van der Waals surface area contributed by atoms with Gasteiger partial charge in [0, 0.05) is 59.4 Å². The highest BCUT2D eigenvalue weighted by atomic mass is 16.7. The van der Waals surface area contributed by atoms with E-state index in [0.717, 1.165) is 19.3 Å². The topological polar surface area (TPSA) is 354 Å². The Morgan fingerprint density at radius 2 is 1.12 bits per heavy atom. The third kappa shape index (κ3) is 24.3. The fraction of sp³-hybridized carbons (Fsp3) is 0.878. The molecule has 0 radical (unpaired) electrons. The van der Waals surface area contributed by atoms with Crippen molar-refractivity contribution in [1.82, 2.24) is 37.2 Å². The van der Waals surface area contributed by atoms with Gasteiger partial charge in [0.25, 0.3) is 0 Å². The number of aliphatic hydroxyl groups is 6. The molecule has 3 fully saturated rings. The third-order valence-electron chi connectivity index (χ3n) is 13.3. The minimum atomic E-state index is -1.43. The largest absolute Gasteiger partial charge is 0.394 e. The van der Waals surface area contributed by atoms with Gasteiger partial charge in [-0.05, 0) is 89.9 Å². The Balaban J connectivity index is 1.37. The SMILES string of the molecule is CC(=O)NC1C(OCCCCCC(=O)NCCCC[C@H](NC(=O)CCCCCOC2OC(CO)C(O)C(O)C2NC(C)=O)C(=O)NCCCCCC(=O)NCNCOC2(C)CCC(C)C2)OC(CO)C(O)C1O. The molecule has 2 heterocycles. The molecule has 3 rings (SSSR count). The van der Waals surface area contributed by atoms with Crippen LogP contribution in [0.2, 0.25) is 0 Å². The summed E-state index contributed by atoms with van der Waals surface area (Å²) in [6.45, 7) is 7.46. The Kier molecular flexibility index (Phi) is 30.4. The Hall–Kier alpha value is -3.66. The van der Waals surface area contributed by atoms with Gasteiger partial charge in [-0.1, -0.05) is 26.2 Å². The van der Waals surface area contributed by atoms with Crippen LogP contribution >= 0.6 is 0 Å². The molecule has 13 atom stereocenters. The Bertz CT molecular complexity index is 1650. The predicted octanol–water partition coefficient (Wildman–Crippen LogP) is -1.31. The smallest absolute Gasteiger partial charge is 0.242 e. The van der Waals surface area contributed by atoms with Crippen molar-refractivity contribution >= 4 is 35.4 Å². The molecule has 3 aliphatic rings. The summed E-state index contributed by atoms with van der Waals surface area (Å²) in [5, 5.41) is 80.0. The zero-order chi connectivity index (χ0) is 53.8. The monoisotopic (exact) mass is 1050 g/mol. The second-order valence-electron chi connectivity index (χ2n) is 19.9. The summed E-state index contributed by atoms with van der Waals surface area (Å²) < 4.78 is 28.6. The van der Waals surface area contributed by atoms with Crippen LogP contribution in [0.25, 0.3) is 0 Å². The fourth-order valence-corrected chi connectivity index (χ4v) is 9.15. The Morgan fingerprint density at radius 1 is 0.630 bits per heavy atom. The quantitative estimate of drug-likeness (QED) is 0.0256. The van der Waals surface area contributed by atoms with Crippen molar-refractivity contribution in [2.75, 3.05) is 52.9 Å². The zero-order valence-corrected chi connectivity index (χ0v) is 43.5. The lowest BCUT2D eigenvalue weighted by Gasteiger charge is -2.42. The minimum absolute atomic E-state index is 0.0787. The zero-order valence-electron chi connectivity index (χ0n) is 43.5. The maximum atomic E-state index is 13.4. The van der Waals surface area contributed by atoms with Gasteiger partial charge in [-0.3, -0.25) is 34.1 Å². The summed E-state index contributed by atoms with van der Waals surface area (Å²) >= 11 is 0. The van der Waals surface area contributed by atoms with E-state index < -0.39 is 92.4 Å². The Morgan fingerprint density at radius 3 is 1.63 bits per heavy atom. The van der Waals surface area contributed by atoms with E-state index in [4.69, 9.17) is 23.7 Å². The number of amides is 6. The number of unbranched alkanes of at least 4 members (excludes halogenated alkanes) is 7. The molecule has 0 bridgehead atoms. The molecule has 0 aromatic rings. The highest BCUT2D eigenvalue weighted by Gasteiger charge is 2.46. The maximum Gasteiger partial charge on any atom is 0.242 e. The molecular formula is C49H89N7O17. The Labute approximate surface area is 429 Å². The molecule has 2 saturated heterocycles. The lowest BCUT2D eigenvalue weighted by Crippen LogP contribution is -2.64. The van der Waals surface area contributed by atoms with Crippen molar-refractivity contribution in [3.05, 3.63) is 0 Å². The summed E-state index contributed by atoms with van der Waals surface area (Å²) in [6, 6.07) is -2.91. The van der Waals surface area contributed by atoms with Crippen LogP contribution in [0, 0.1) is 5.92 Å². The molecular weight excluding hydrogens is 959 g/mol. The number of carbonyl (C=O) groups is 6. The molecule has 1 aliphatic carbocycles. The summed E-state index contributed by atoms with van der Waals surface area (Å²) in [5.41, 5.74) is -0.122. The number of carbonyl (C=O) groups excluding carboxylic acids is 6. The van der Waals surface area contributed by atoms with Crippen molar-refractivity contribution in [1.29, 1.82) is 0 Å². The summed E-state index contributed by atoms with van der Waals surface area (Å²) in [6.07, 6.45) is 0.518. The van der Waals surface area contributed by atoms with Crippen LogP contribution in [-0.4, -0.2) is 192 Å². The van der Waals surface area contributed by atoms with Crippen LogP contribution in [0.4, 0.5) is 0 Å². The van der Waals surface area contributed by atoms with Gasteiger partial charge < -0.3 is 86.2 Å². The lowest BCUT2D eigenvalue weighted by molar-refractivity contribution is -0.270. The second kappa shape index (κ2) is 34.8. The van der Waals surface area contributed by atoms with E-state index in [-0.39, 0.29) is 55.3 Å². The molecule has 73 heavy (non-hydrogen) atoms. The fourth-order valence-electron chi connectivity index (χ4n) is 9.15. The molecule has 0 aromatic heterocycles. The van der Waals surface area contributed by atoms with Crippen LogP contribution in [0.1, 0.15) is 143 Å². The van der Waals surface area contributed by atoms with Gasteiger partial charge in [-0.15, -0.1) is 0 Å². The number of nitrogens with one attached hydrogen (secondary N) is 7. The van der Waals surface area contributed by atoms with Gasteiger partial charge in [0.1, 0.15) is 54.7 Å². The van der Waals surface area contributed by atoms with Crippen molar-refractivity contribution in [3.8, 4) is 0 Å². The molecule has 24 heteroatoms. The molecule has 12 unspecified atom stereocenters. The van der Waals surface area contributed by atoms with Crippen molar-refractivity contribution in [2.24, 2.45) is 5.92 Å². The minimum Gasteiger partial charge on any atom is -0.394 e. The van der Waals surface area contributed by atoms with Crippen LogP contribution in [0.3, 0.4) is 0 Å². The van der Waals surface area contributed by atoms with Gasteiger partial charge in [0.15, 0.2) is 12.6 Å². The van der Waals surface area contributed by atoms with Crippen LogP contribution in [-0.2, 0) is 52.5 Å². The van der Waals surface area contributed by atoms with Crippen LogP contribution in [0.5, 0.6) is 0 Å². The number of rotatable bonds is 36. The first-order chi connectivity index (χ1) is 34.9. The maximum absolute atomic E-state index is 13.4. The summed E-state index contributed by atoms with van der Waals surface area (Å²) in [7, 11) is 0. The number of aliphatic hydroxyl groups excluding tert-OH is 6. The first-order valence-electron chi connectivity index (χ1n) is 26.3. The first kappa shape index (κ1) is 63.6. The van der Waals surface area contributed by atoms with Crippen LogP contribution < -0.4 is 37.2 Å². The van der Waals surface area contributed by atoms with Gasteiger partial charge in [-0.2, -0.15) is 0 Å². The molecule has 24 nitrogen and oxygen atoms in total. The van der Waals surface area contributed by atoms with Gasteiger partial charge >= 0.3 is 0 Å². The van der Waals surface area contributed by atoms with Crippen molar-refractivity contribution < 1.29 is 83.1 Å². The molecule has 13 N–H and O–H groups in total. The summed E-state index contributed by atoms with van der Waals surface area (Å²) in [5.74, 6) is -1.14. The number of ether oxygens (including phenoxy) is 5. The predicted molar refractivity (Wildman–Crippen MR) is 263 cm³/mol. The van der Waals surface area contributed by atoms with Gasteiger partial charge in [0.2, 0.25) is 35.4 Å². The second-order valence-corrected chi connectivity index (χ2v) is 19.9. The number of hydrogen-bond donors (Lipinski definition) is 13. The normalized spacial score (nSPS) is 28.4. The van der Waals surface area contributed by atoms with E-state index in [1.165, 1.54) is 13.8 Å². The average Bonchev–Trinajstić information content (AvgIpc) is 3.69. The van der Waals surface area contributed by atoms with Crippen molar-refractivity contribution in [3.63, 3.8) is 0 Å². The van der Waals surface area contributed by atoms with E-state index in [9.17, 15) is 59.4 Å².